The molecule has 0 bridgehead atoms. The van der Waals surface area contributed by atoms with Crippen molar-refractivity contribution in [2.24, 2.45) is 5.73 Å². The predicted molar refractivity (Wildman–Crippen MR) is 63.0 cm³/mol. The van der Waals surface area contributed by atoms with Crippen LogP contribution in [0.3, 0.4) is 0 Å². The molecule has 86 valence electrons. The number of hydrogen-bond acceptors (Lipinski definition) is 2. The van der Waals surface area contributed by atoms with E-state index in [2.05, 4.69) is 0 Å². The van der Waals surface area contributed by atoms with E-state index in [4.69, 9.17) is 10.5 Å². The Kier molecular flexibility index (Phi) is 3.05. The summed E-state index contributed by atoms with van der Waals surface area (Å²) < 4.78 is 6.87. The van der Waals surface area contributed by atoms with Gasteiger partial charge in [-0.3, -0.25) is 4.79 Å². The minimum Gasteiger partial charge on any atom is -0.497 e. The highest BCUT2D eigenvalue weighted by Crippen LogP contribution is 2.12. The Hall–Kier alpha value is -2.36. The Labute approximate surface area is 99.3 Å². The molecule has 0 spiro atoms. The molecule has 0 saturated carbocycles. The number of methoxy groups -OCH3 is 1. The molecule has 1 amide bonds. The maximum Gasteiger partial charge on any atom is 0.314 e. The largest absolute Gasteiger partial charge is 0.497 e. The molecule has 0 radical (unpaired) electrons. The van der Waals surface area contributed by atoms with Gasteiger partial charge in [-0.15, -0.1) is 0 Å². The summed E-state index contributed by atoms with van der Waals surface area (Å²) in [4.78, 5) is 11.3. The van der Waals surface area contributed by atoms with Gasteiger partial charge in [-0.1, -0.05) is 6.07 Å². The lowest BCUT2D eigenvalue weighted by Crippen LogP contribution is -2.39. The Morgan fingerprint density at radius 1 is 1.24 bits per heavy atom. The number of nitrogens with zero attached hydrogens (tertiary/aromatic N) is 1. The van der Waals surface area contributed by atoms with Gasteiger partial charge in [0.1, 0.15) is 5.75 Å². The first-order valence-corrected chi connectivity index (χ1v) is 5.17. The van der Waals surface area contributed by atoms with Crippen LogP contribution in [0, 0.1) is 0 Å². The van der Waals surface area contributed by atoms with Crippen molar-refractivity contribution in [3.05, 3.63) is 54.4 Å². The third-order valence-electron chi connectivity index (χ3n) is 2.44. The van der Waals surface area contributed by atoms with Crippen LogP contribution in [-0.4, -0.2) is 13.0 Å². The first kappa shape index (κ1) is 11.1. The predicted octanol–water partition coefficient (Wildman–Crippen LogP) is 1.07. The number of primary amides is 1. The van der Waals surface area contributed by atoms with E-state index in [-0.39, 0.29) is 0 Å². The number of pyridine rings is 1. The van der Waals surface area contributed by atoms with Crippen LogP contribution in [0.1, 0.15) is 10.5 Å². The van der Waals surface area contributed by atoms with Gasteiger partial charge in [0.15, 0.2) is 6.20 Å². The molecule has 1 aromatic carbocycles. The molecule has 0 fully saturated rings. The van der Waals surface area contributed by atoms with Crippen LogP contribution < -0.4 is 15.0 Å². The van der Waals surface area contributed by atoms with Crippen LogP contribution in [0.2, 0.25) is 0 Å². The number of carbonyl (C=O) groups excluding carboxylic acids is 1. The third-order valence-corrected chi connectivity index (χ3v) is 2.44. The van der Waals surface area contributed by atoms with Crippen molar-refractivity contribution in [1.29, 1.82) is 0 Å². The van der Waals surface area contributed by atoms with Gasteiger partial charge in [0.05, 0.1) is 13.2 Å². The second-order valence-electron chi connectivity index (χ2n) is 3.52. The lowest BCUT2D eigenvalue weighted by Gasteiger charge is -2.02. The van der Waals surface area contributed by atoms with Crippen molar-refractivity contribution in [1.82, 2.24) is 0 Å². The minimum atomic E-state index is -0.464. The molecule has 2 N–H and O–H groups in total. The van der Waals surface area contributed by atoms with Crippen molar-refractivity contribution in [3.8, 4) is 11.4 Å². The lowest BCUT2D eigenvalue weighted by molar-refractivity contribution is -0.598. The first-order valence-electron chi connectivity index (χ1n) is 5.17. The van der Waals surface area contributed by atoms with E-state index in [9.17, 15) is 4.79 Å². The average Bonchev–Trinajstić information content (AvgIpc) is 2.39. The zero-order valence-electron chi connectivity index (χ0n) is 9.46. The number of hydrogen-bond donors (Lipinski definition) is 1. The van der Waals surface area contributed by atoms with Gasteiger partial charge >= 0.3 is 5.91 Å². The molecule has 1 aromatic heterocycles. The van der Waals surface area contributed by atoms with E-state index in [1.54, 1.807) is 30.0 Å². The van der Waals surface area contributed by atoms with Crippen LogP contribution in [-0.2, 0) is 0 Å². The molecule has 4 heteroatoms. The highest BCUT2D eigenvalue weighted by molar-refractivity contribution is 5.89. The third kappa shape index (κ3) is 2.25. The van der Waals surface area contributed by atoms with Crippen LogP contribution in [0.25, 0.3) is 5.69 Å². The number of ether oxygens (including phenoxy) is 1. The summed E-state index contributed by atoms with van der Waals surface area (Å²) in [5.41, 5.74) is 6.59. The summed E-state index contributed by atoms with van der Waals surface area (Å²) in [6, 6.07) is 12.7. The molecule has 1 heterocycles. The molecule has 0 aliphatic carbocycles. The number of benzene rings is 1. The Morgan fingerprint density at radius 3 is 2.76 bits per heavy atom. The van der Waals surface area contributed by atoms with E-state index >= 15 is 0 Å². The van der Waals surface area contributed by atoms with Crippen molar-refractivity contribution < 1.29 is 14.1 Å². The van der Waals surface area contributed by atoms with Crippen LogP contribution in [0.4, 0.5) is 0 Å². The van der Waals surface area contributed by atoms with Gasteiger partial charge in [0, 0.05) is 18.2 Å². The molecule has 4 nitrogen and oxygen atoms in total. The fourth-order valence-electron chi connectivity index (χ4n) is 1.63. The molecule has 2 aromatic rings. The summed E-state index contributed by atoms with van der Waals surface area (Å²) >= 11 is 0. The normalized spacial score (nSPS) is 9.94. The van der Waals surface area contributed by atoms with E-state index in [0.29, 0.717) is 5.69 Å². The van der Waals surface area contributed by atoms with Gasteiger partial charge in [-0.2, -0.15) is 4.57 Å². The van der Waals surface area contributed by atoms with Crippen molar-refractivity contribution >= 4 is 5.91 Å². The summed E-state index contributed by atoms with van der Waals surface area (Å²) in [5.74, 6) is 0.266. The number of rotatable bonds is 3. The number of carbonyl (C=O) groups is 1. The summed E-state index contributed by atoms with van der Waals surface area (Å²) in [7, 11) is 1.60. The molecule has 2 rings (SSSR count). The standard InChI is InChI=1S/C13H12N2O2/c1-17-11-6-4-5-10(9-11)15-8-3-2-7-12(15)13(14)16/h2-9H,1H3,(H-,14,16)/p+1. The van der Waals surface area contributed by atoms with Gasteiger partial charge in [-0.25, -0.2) is 0 Å². The molecule has 17 heavy (non-hydrogen) atoms. The van der Waals surface area contributed by atoms with E-state index in [0.717, 1.165) is 11.4 Å². The van der Waals surface area contributed by atoms with E-state index in [1.807, 2.05) is 30.3 Å². The van der Waals surface area contributed by atoms with Crippen molar-refractivity contribution in [2.45, 2.75) is 0 Å². The summed E-state index contributed by atoms with van der Waals surface area (Å²) in [6.07, 6.45) is 1.79. The van der Waals surface area contributed by atoms with Gasteiger partial charge in [-0.05, 0) is 12.1 Å². The maximum atomic E-state index is 11.3. The zero-order valence-corrected chi connectivity index (χ0v) is 9.46. The Bertz CT molecular complexity index is 553. The Balaban J connectivity index is 2.56. The van der Waals surface area contributed by atoms with E-state index in [1.165, 1.54) is 0 Å². The van der Waals surface area contributed by atoms with Gasteiger partial charge in [0.25, 0.3) is 5.69 Å². The second kappa shape index (κ2) is 4.65. The van der Waals surface area contributed by atoms with Gasteiger partial charge < -0.3 is 10.5 Å². The van der Waals surface area contributed by atoms with Crippen LogP contribution in [0.15, 0.2) is 48.7 Å². The smallest absolute Gasteiger partial charge is 0.314 e. The number of amides is 1. The first-order chi connectivity index (χ1) is 8.22. The van der Waals surface area contributed by atoms with Crippen LogP contribution in [0.5, 0.6) is 5.75 Å². The molecule has 0 saturated heterocycles. The van der Waals surface area contributed by atoms with Crippen molar-refractivity contribution in [2.75, 3.05) is 7.11 Å². The number of aromatic nitrogens is 1. The van der Waals surface area contributed by atoms with E-state index < -0.39 is 5.91 Å². The fraction of sp³-hybridized carbons (Fsp3) is 0.0769. The molecule has 0 aliphatic rings. The molecular formula is C13H13N2O2+. The van der Waals surface area contributed by atoms with Crippen LogP contribution >= 0.6 is 0 Å². The number of nitrogens with two attached hydrogens (primary N) is 1. The molecule has 0 aliphatic heterocycles. The van der Waals surface area contributed by atoms with Crippen molar-refractivity contribution in [3.63, 3.8) is 0 Å². The van der Waals surface area contributed by atoms with Gasteiger partial charge in [0.2, 0.25) is 5.69 Å². The molecular weight excluding hydrogens is 216 g/mol. The quantitative estimate of drug-likeness (QED) is 0.800. The second-order valence-corrected chi connectivity index (χ2v) is 3.52. The Morgan fingerprint density at radius 2 is 2.06 bits per heavy atom. The molecule has 0 unspecified atom stereocenters. The SMILES string of the molecule is COc1cccc(-[n+]2ccccc2C(N)=O)c1. The summed E-state index contributed by atoms with van der Waals surface area (Å²) in [6.45, 7) is 0. The average molecular weight is 229 g/mol. The lowest BCUT2D eigenvalue weighted by atomic mass is 10.2. The summed E-state index contributed by atoms with van der Waals surface area (Å²) in [5, 5.41) is 0. The maximum absolute atomic E-state index is 11.3. The minimum absolute atomic E-state index is 0.431. The topological polar surface area (TPSA) is 56.2 Å². The fourth-order valence-corrected chi connectivity index (χ4v) is 1.63. The monoisotopic (exact) mass is 229 g/mol. The highest BCUT2D eigenvalue weighted by atomic mass is 16.5. The molecule has 0 atom stereocenters. The highest BCUT2D eigenvalue weighted by Gasteiger charge is 2.17. The zero-order chi connectivity index (χ0) is 12.3.